The van der Waals surface area contributed by atoms with E-state index in [0.717, 1.165) is 11.1 Å². The molecule has 2 aromatic rings. The number of benzene rings is 2. The molecule has 2 heterocycles. The van der Waals surface area contributed by atoms with Crippen LogP contribution in [0.1, 0.15) is 11.1 Å². The molecule has 178 valence electrons. The van der Waals surface area contributed by atoms with Crippen LogP contribution in [-0.2, 0) is 32.0 Å². The Bertz CT molecular complexity index is 908. The Labute approximate surface area is 199 Å². The van der Waals surface area contributed by atoms with Crippen LogP contribution >= 0.6 is 0 Å². The van der Waals surface area contributed by atoms with Crippen molar-refractivity contribution in [1.29, 1.82) is 0 Å². The molecule has 0 spiro atoms. The molecular formula is C26H30N4O4. The van der Waals surface area contributed by atoms with Gasteiger partial charge in [0, 0.05) is 26.2 Å². The molecule has 0 radical (unpaired) electrons. The van der Waals surface area contributed by atoms with Crippen molar-refractivity contribution in [1.82, 2.24) is 19.6 Å². The average Bonchev–Trinajstić information content (AvgIpc) is 2.83. The van der Waals surface area contributed by atoms with E-state index in [4.69, 9.17) is 0 Å². The molecule has 0 atom stereocenters. The third-order valence-electron chi connectivity index (χ3n) is 6.31. The first kappa shape index (κ1) is 23.8. The Hall–Kier alpha value is -3.36. The molecule has 8 heteroatoms. The molecule has 0 unspecified atom stereocenters. The second-order valence-corrected chi connectivity index (χ2v) is 8.77. The van der Waals surface area contributed by atoms with Gasteiger partial charge in [-0.2, -0.15) is 0 Å². The van der Waals surface area contributed by atoms with Crippen LogP contribution in [0.25, 0.3) is 0 Å². The lowest BCUT2D eigenvalue weighted by Crippen LogP contribution is -2.58. The fourth-order valence-corrected chi connectivity index (χ4v) is 4.37. The predicted octanol–water partition coefficient (Wildman–Crippen LogP) is 0.813. The Morgan fingerprint density at radius 2 is 0.794 bits per heavy atom. The monoisotopic (exact) mass is 462 g/mol. The zero-order valence-corrected chi connectivity index (χ0v) is 19.3. The van der Waals surface area contributed by atoms with E-state index < -0.39 is 0 Å². The number of nitrogens with zero attached hydrogens (tertiary/aromatic N) is 4. The van der Waals surface area contributed by atoms with E-state index in [0.29, 0.717) is 39.0 Å². The maximum atomic E-state index is 12.6. The normalized spacial score (nSPS) is 18.1. The van der Waals surface area contributed by atoms with E-state index in [1.54, 1.807) is 9.80 Å². The highest BCUT2D eigenvalue weighted by atomic mass is 16.2. The van der Waals surface area contributed by atoms with Crippen LogP contribution in [0.3, 0.4) is 0 Å². The molecule has 34 heavy (non-hydrogen) atoms. The molecule has 4 amide bonds. The van der Waals surface area contributed by atoms with E-state index >= 15 is 0 Å². The van der Waals surface area contributed by atoms with Gasteiger partial charge in [0.25, 0.3) is 0 Å². The van der Waals surface area contributed by atoms with Gasteiger partial charge in [-0.3, -0.25) is 38.8 Å². The van der Waals surface area contributed by atoms with Crippen LogP contribution in [0.2, 0.25) is 0 Å². The fraction of sp³-hybridized carbons (Fsp3) is 0.385. The van der Waals surface area contributed by atoms with E-state index in [9.17, 15) is 19.2 Å². The molecule has 4 rings (SSSR count). The third kappa shape index (κ3) is 6.15. The first-order valence-electron chi connectivity index (χ1n) is 11.7. The standard InChI is InChI=1S/C26H30N4O4/c31-23-17-27(18-24(32)29(23)13-11-21-7-3-1-4-8-21)15-16-28-19-25(33)30(26(34)20-28)14-12-22-9-5-2-6-10-22/h1-10H,11-20H2. The summed E-state index contributed by atoms with van der Waals surface area (Å²) in [5.41, 5.74) is 2.17. The van der Waals surface area contributed by atoms with Gasteiger partial charge in [-0.05, 0) is 24.0 Å². The quantitative estimate of drug-likeness (QED) is 0.513. The van der Waals surface area contributed by atoms with Crippen molar-refractivity contribution in [2.75, 3.05) is 52.4 Å². The number of imide groups is 2. The van der Waals surface area contributed by atoms with Crippen LogP contribution in [0, 0.1) is 0 Å². The van der Waals surface area contributed by atoms with Gasteiger partial charge in [-0.25, -0.2) is 0 Å². The Kier molecular flexibility index (Phi) is 7.82. The highest BCUT2D eigenvalue weighted by Crippen LogP contribution is 2.11. The summed E-state index contributed by atoms with van der Waals surface area (Å²) < 4.78 is 0. The smallest absolute Gasteiger partial charge is 0.243 e. The van der Waals surface area contributed by atoms with Crippen molar-refractivity contribution in [2.24, 2.45) is 0 Å². The minimum absolute atomic E-state index is 0.166. The van der Waals surface area contributed by atoms with Crippen LogP contribution in [0.4, 0.5) is 0 Å². The second kappa shape index (κ2) is 11.2. The zero-order valence-electron chi connectivity index (χ0n) is 19.3. The average molecular weight is 463 g/mol. The molecular weight excluding hydrogens is 432 g/mol. The van der Waals surface area contributed by atoms with Crippen LogP contribution in [-0.4, -0.2) is 95.6 Å². The van der Waals surface area contributed by atoms with E-state index in [1.165, 1.54) is 9.80 Å². The molecule has 0 saturated carbocycles. The lowest BCUT2D eigenvalue weighted by molar-refractivity contribution is -0.154. The number of hydrogen-bond acceptors (Lipinski definition) is 6. The molecule has 0 N–H and O–H groups in total. The summed E-state index contributed by atoms with van der Waals surface area (Å²) in [6.45, 7) is 2.33. The number of carbonyl (C=O) groups excluding carboxylic acids is 4. The molecule has 2 aromatic carbocycles. The summed E-state index contributed by atoms with van der Waals surface area (Å²) in [5, 5.41) is 0. The minimum atomic E-state index is -0.204. The maximum absolute atomic E-state index is 12.6. The molecule has 2 saturated heterocycles. The molecule has 2 fully saturated rings. The lowest BCUT2D eigenvalue weighted by atomic mass is 10.1. The Balaban J connectivity index is 1.21. The summed E-state index contributed by atoms with van der Waals surface area (Å²) in [7, 11) is 0. The molecule has 2 aliphatic rings. The van der Waals surface area contributed by atoms with Gasteiger partial charge in [0.1, 0.15) is 0 Å². The van der Waals surface area contributed by atoms with Crippen LogP contribution in [0.5, 0.6) is 0 Å². The fourth-order valence-electron chi connectivity index (χ4n) is 4.37. The summed E-state index contributed by atoms with van der Waals surface area (Å²) in [5.74, 6) is -0.815. The molecule has 0 aliphatic carbocycles. The van der Waals surface area contributed by atoms with Gasteiger partial charge >= 0.3 is 0 Å². The highest BCUT2D eigenvalue weighted by Gasteiger charge is 2.33. The lowest BCUT2D eigenvalue weighted by Gasteiger charge is -2.36. The zero-order chi connectivity index (χ0) is 23.9. The first-order valence-corrected chi connectivity index (χ1v) is 11.7. The Morgan fingerprint density at radius 1 is 0.471 bits per heavy atom. The van der Waals surface area contributed by atoms with Crippen molar-refractivity contribution >= 4 is 23.6 Å². The van der Waals surface area contributed by atoms with Crippen LogP contribution in [0.15, 0.2) is 60.7 Å². The summed E-state index contributed by atoms with van der Waals surface area (Å²) >= 11 is 0. The highest BCUT2D eigenvalue weighted by molar-refractivity contribution is 6.00. The van der Waals surface area contributed by atoms with Gasteiger partial charge in [0.2, 0.25) is 23.6 Å². The molecule has 8 nitrogen and oxygen atoms in total. The first-order chi connectivity index (χ1) is 16.5. The maximum Gasteiger partial charge on any atom is 0.243 e. The number of carbonyl (C=O) groups is 4. The number of piperazine rings is 2. The summed E-state index contributed by atoms with van der Waals surface area (Å²) in [6.07, 6.45) is 1.27. The Morgan fingerprint density at radius 3 is 1.12 bits per heavy atom. The largest absolute Gasteiger partial charge is 0.284 e. The van der Waals surface area contributed by atoms with E-state index in [1.807, 2.05) is 60.7 Å². The minimum Gasteiger partial charge on any atom is -0.284 e. The summed E-state index contributed by atoms with van der Waals surface area (Å²) in [4.78, 5) is 56.5. The van der Waals surface area contributed by atoms with E-state index in [-0.39, 0.29) is 49.8 Å². The van der Waals surface area contributed by atoms with Gasteiger partial charge in [-0.15, -0.1) is 0 Å². The van der Waals surface area contributed by atoms with Crippen molar-refractivity contribution in [3.8, 4) is 0 Å². The van der Waals surface area contributed by atoms with Crippen molar-refractivity contribution < 1.29 is 19.2 Å². The molecule has 0 bridgehead atoms. The van der Waals surface area contributed by atoms with Crippen molar-refractivity contribution in [3.05, 3.63) is 71.8 Å². The number of hydrogen-bond donors (Lipinski definition) is 0. The van der Waals surface area contributed by atoms with Gasteiger partial charge in [0.05, 0.1) is 26.2 Å². The van der Waals surface area contributed by atoms with Crippen molar-refractivity contribution in [3.63, 3.8) is 0 Å². The topological polar surface area (TPSA) is 81.2 Å². The van der Waals surface area contributed by atoms with Crippen molar-refractivity contribution in [2.45, 2.75) is 12.8 Å². The molecule has 2 aliphatic heterocycles. The van der Waals surface area contributed by atoms with E-state index in [2.05, 4.69) is 0 Å². The second-order valence-electron chi connectivity index (χ2n) is 8.77. The number of amides is 4. The summed E-state index contributed by atoms with van der Waals surface area (Å²) in [6, 6.07) is 19.6. The molecule has 0 aromatic heterocycles. The van der Waals surface area contributed by atoms with Gasteiger partial charge in [0.15, 0.2) is 0 Å². The number of rotatable bonds is 9. The SMILES string of the molecule is O=C1CN(CCN2CC(=O)N(CCc3ccccc3)C(=O)C2)CC(=O)N1CCc1ccccc1. The third-order valence-corrected chi connectivity index (χ3v) is 6.31. The van der Waals surface area contributed by atoms with Gasteiger partial charge in [-0.1, -0.05) is 60.7 Å². The van der Waals surface area contributed by atoms with Crippen LogP contribution < -0.4 is 0 Å². The van der Waals surface area contributed by atoms with Gasteiger partial charge < -0.3 is 0 Å². The predicted molar refractivity (Wildman–Crippen MR) is 127 cm³/mol.